The van der Waals surface area contributed by atoms with Gasteiger partial charge in [0.2, 0.25) is 0 Å². The number of methoxy groups -OCH3 is 1. The summed E-state index contributed by atoms with van der Waals surface area (Å²) in [5.41, 5.74) is 3.48. The first kappa shape index (κ1) is 10.7. The van der Waals surface area contributed by atoms with Crippen LogP contribution in [0.1, 0.15) is 16.7 Å². The molecule has 4 nitrogen and oxygen atoms in total. The highest BCUT2D eigenvalue weighted by Gasteiger charge is 2.22. The molecule has 0 amide bonds. The number of oxime groups is 1. The number of aryl methyl sites for hydroxylation is 1. The minimum Gasteiger partial charge on any atom is -0.464 e. The van der Waals surface area contributed by atoms with Crippen molar-refractivity contribution in [2.24, 2.45) is 5.16 Å². The van der Waals surface area contributed by atoms with Gasteiger partial charge in [0.05, 0.1) is 7.11 Å². The van der Waals surface area contributed by atoms with Gasteiger partial charge in [-0.05, 0) is 25.0 Å². The monoisotopic (exact) mass is 219 g/mol. The van der Waals surface area contributed by atoms with Crippen LogP contribution in [0.25, 0.3) is 0 Å². The van der Waals surface area contributed by atoms with Crippen LogP contribution in [-0.2, 0) is 16.0 Å². The number of hydrogen-bond donors (Lipinski definition) is 0. The zero-order valence-corrected chi connectivity index (χ0v) is 9.53. The second kappa shape index (κ2) is 3.96. The molecule has 0 radical (unpaired) electrons. The molecule has 0 N–H and O–H groups in total. The number of benzene rings is 1. The Morgan fingerprint density at radius 2 is 2.19 bits per heavy atom. The lowest BCUT2D eigenvalue weighted by Gasteiger charge is -2.17. The first-order chi connectivity index (χ1) is 7.63. The van der Waals surface area contributed by atoms with E-state index in [2.05, 4.69) is 9.89 Å². The van der Waals surface area contributed by atoms with E-state index in [-0.39, 0.29) is 0 Å². The summed E-state index contributed by atoms with van der Waals surface area (Å²) < 4.78 is 4.61. The van der Waals surface area contributed by atoms with Crippen LogP contribution in [0.3, 0.4) is 0 Å². The van der Waals surface area contributed by atoms with Crippen LogP contribution in [0.5, 0.6) is 5.75 Å². The lowest BCUT2D eigenvalue weighted by molar-refractivity contribution is -0.133. The zero-order chi connectivity index (χ0) is 11.7. The maximum absolute atomic E-state index is 11.3. The van der Waals surface area contributed by atoms with Crippen LogP contribution in [0, 0.1) is 13.8 Å². The molecule has 2 rings (SSSR count). The molecule has 84 valence electrons. The molecule has 1 aliphatic heterocycles. The van der Waals surface area contributed by atoms with Crippen LogP contribution in [0.15, 0.2) is 17.3 Å². The van der Waals surface area contributed by atoms with E-state index >= 15 is 0 Å². The molecule has 0 aliphatic carbocycles. The third-order valence-electron chi connectivity index (χ3n) is 2.78. The van der Waals surface area contributed by atoms with E-state index in [1.165, 1.54) is 7.11 Å². The maximum atomic E-state index is 11.3. The number of rotatable bonds is 1. The van der Waals surface area contributed by atoms with E-state index in [0.29, 0.717) is 12.1 Å². The molecule has 0 aromatic heterocycles. The van der Waals surface area contributed by atoms with Crippen LogP contribution < -0.4 is 4.84 Å². The smallest absolute Gasteiger partial charge is 0.356 e. The fourth-order valence-electron chi connectivity index (χ4n) is 1.65. The van der Waals surface area contributed by atoms with Crippen molar-refractivity contribution >= 4 is 11.7 Å². The van der Waals surface area contributed by atoms with Gasteiger partial charge in [-0.3, -0.25) is 0 Å². The van der Waals surface area contributed by atoms with Gasteiger partial charge in [-0.1, -0.05) is 17.3 Å². The summed E-state index contributed by atoms with van der Waals surface area (Å²) >= 11 is 0. The highest BCUT2D eigenvalue weighted by atomic mass is 16.6. The third-order valence-corrected chi connectivity index (χ3v) is 2.78. The molecular weight excluding hydrogens is 206 g/mol. The second-order valence-electron chi connectivity index (χ2n) is 3.79. The molecule has 0 unspecified atom stereocenters. The van der Waals surface area contributed by atoms with Crippen molar-refractivity contribution in [1.82, 2.24) is 0 Å². The Bertz CT molecular complexity index is 477. The van der Waals surface area contributed by atoms with E-state index in [0.717, 1.165) is 22.4 Å². The third kappa shape index (κ3) is 1.66. The summed E-state index contributed by atoms with van der Waals surface area (Å²) in [5, 5.41) is 3.79. The fraction of sp³-hybridized carbons (Fsp3) is 0.333. The van der Waals surface area contributed by atoms with Crippen LogP contribution in [0.4, 0.5) is 0 Å². The second-order valence-corrected chi connectivity index (χ2v) is 3.79. The van der Waals surface area contributed by atoms with E-state index < -0.39 is 5.97 Å². The van der Waals surface area contributed by atoms with Crippen molar-refractivity contribution < 1.29 is 14.4 Å². The summed E-state index contributed by atoms with van der Waals surface area (Å²) in [6.45, 7) is 3.99. The quantitative estimate of drug-likeness (QED) is 0.676. The Hall–Kier alpha value is -1.84. The van der Waals surface area contributed by atoms with Gasteiger partial charge < -0.3 is 9.57 Å². The van der Waals surface area contributed by atoms with Gasteiger partial charge in [-0.15, -0.1) is 0 Å². The molecule has 0 saturated heterocycles. The lowest BCUT2D eigenvalue weighted by atomic mass is 10.00. The Kier molecular flexibility index (Phi) is 2.64. The normalized spacial score (nSPS) is 13.6. The number of esters is 1. The van der Waals surface area contributed by atoms with Crippen molar-refractivity contribution in [3.8, 4) is 5.75 Å². The number of ether oxygens (including phenoxy) is 1. The van der Waals surface area contributed by atoms with Crippen LogP contribution in [0.2, 0.25) is 0 Å². The van der Waals surface area contributed by atoms with Crippen molar-refractivity contribution in [3.63, 3.8) is 0 Å². The number of hydrogen-bond acceptors (Lipinski definition) is 4. The maximum Gasteiger partial charge on any atom is 0.356 e. The van der Waals surface area contributed by atoms with Crippen molar-refractivity contribution in [3.05, 3.63) is 28.8 Å². The Morgan fingerprint density at radius 1 is 1.44 bits per heavy atom. The van der Waals surface area contributed by atoms with Gasteiger partial charge in [0.1, 0.15) is 0 Å². The topological polar surface area (TPSA) is 47.9 Å². The SMILES string of the molecule is COC(=O)C1=NOc2c(ccc(C)c2C)C1. The first-order valence-corrected chi connectivity index (χ1v) is 5.04. The van der Waals surface area contributed by atoms with Gasteiger partial charge in [0.15, 0.2) is 11.5 Å². The molecule has 1 aromatic rings. The van der Waals surface area contributed by atoms with E-state index in [4.69, 9.17) is 4.84 Å². The number of fused-ring (bicyclic) bond motifs is 1. The molecule has 1 aromatic carbocycles. The molecule has 1 aliphatic rings. The van der Waals surface area contributed by atoms with Crippen LogP contribution in [-0.4, -0.2) is 18.8 Å². The van der Waals surface area contributed by atoms with Crippen molar-refractivity contribution in [2.45, 2.75) is 20.3 Å². The highest BCUT2D eigenvalue weighted by molar-refractivity contribution is 6.37. The van der Waals surface area contributed by atoms with E-state index in [1.54, 1.807) is 0 Å². The summed E-state index contributed by atoms with van der Waals surface area (Å²) in [6.07, 6.45) is 0.461. The summed E-state index contributed by atoms with van der Waals surface area (Å²) in [6, 6.07) is 3.97. The lowest BCUT2D eigenvalue weighted by Crippen LogP contribution is -2.23. The number of carbonyl (C=O) groups is 1. The zero-order valence-electron chi connectivity index (χ0n) is 9.53. The van der Waals surface area contributed by atoms with Crippen molar-refractivity contribution in [1.29, 1.82) is 0 Å². The highest BCUT2D eigenvalue weighted by Crippen LogP contribution is 2.29. The summed E-state index contributed by atoms with van der Waals surface area (Å²) in [5.74, 6) is 0.316. The Balaban J connectivity index is 2.35. The predicted molar refractivity (Wildman–Crippen MR) is 59.7 cm³/mol. The predicted octanol–water partition coefficient (Wildman–Crippen LogP) is 1.77. The number of nitrogens with zero attached hydrogens (tertiary/aromatic N) is 1. The molecule has 0 atom stereocenters. The Morgan fingerprint density at radius 3 is 2.88 bits per heavy atom. The summed E-state index contributed by atoms with van der Waals surface area (Å²) in [7, 11) is 1.33. The van der Waals surface area contributed by atoms with E-state index in [9.17, 15) is 4.79 Å². The average molecular weight is 219 g/mol. The Labute approximate surface area is 93.9 Å². The molecule has 0 bridgehead atoms. The van der Waals surface area contributed by atoms with Crippen LogP contribution >= 0.6 is 0 Å². The molecule has 4 heteroatoms. The van der Waals surface area contributed by atoms with Gasteiger partial charge in [-0.25, -0.2) is 4.79 Å². The minimum absolute atomic E-state index is 0.304. The first-order valence-electron chi connectivity index (χ1n) is 5.04. The molecule has 16 heavy (non-hydrogen) atoms. The average Bonchev–Trinajstić information content (AvgIpc) is 2.32. The molecular formula is C12H13NO3. The van der Waals surface area contributed by atoms with Gasteiger partial charge in [0, 0.05) is 12.0 Å². The minimum atomic E-state index is -0.441. The van der Waals surface area contributed by atoms with Gasteiger partial charge >= 0.3 is 5.97 Å². The molecule has 0 fully saturated rings. The van der Waals surface area contributed by atoms with E-state index in [1.807, 2.05) is 26.0 Å². The van der Waals surface area contributed by atoms with Gasteiger partial charge in [0.25, 0.3) is 0 Å². The molecule has 0 saturated carbocycles. The fourth-order valence-corrected chi connectivity index (χ4v) is 1.65. The number of carbonyl (C=O) groups excluding carboxylic acids is 1. The molecule has 0 spiro atoms. The molecule has 1 heterocycles. The van der Waals surface area contributed by atoms with Gasteiger partial charge in [-0.2, -0.15) is 0 Å². The standard InChI is InChI=1S/C12H13NO3/c1-7-4-5-9-6-10(12(14)15-3)13-16-11(9)8(7)2/h4-5H,6H2,1-3H3. The summed E-state index contributed by atoms with van der Waals surface area (Å²) in [4.78, 5) is 16.6. The largest absolute Gasteiger partial charge is 0.464 e. The van der Waals surface area contributed by atoms with Crippen molar-refractivity contribution in [2.75, 3.05) is 7.11 Å².